The molecule has 2 heterocycles. The van der Waals surface area contributed by atoms with Crippen LogP contribution in [-0.4, -0.2) is 11.9 Å². The van der Waals surface area contributed by atoms with Gasteiger partial charge < -0.3 is 9.47 Å². The second kappa shape index (κ2) is 9.24. The van der Waals surface area contributed by atoms with E-state index in [9.17, 15) is 9.59 Å². The molecule has 1 atom stereocenters. The summed E-state index contributed by atoms with van der Waals surface area (Å²) in [4.78, 5) is 23.6. The Hall–Kier alpha value is -3.40. The fourth-order valence-electron chi connectivity index (χ4n) is 4.70. The van der Waals surface area contributed by atoms with Gasteiger partial charge in [0.05, 0.1) is 6.42 Å². The molecule has 2 aliphatic rings. The van der Waals surface area contributed by atoms with Crippen molar-refractivity contribution in [2.24, 2.45) is 0 Å². The van der Waals surface area contributed by atoms with Crippen LogP contribution >= 0.6 is 0 Å². The van der Waals surface area contributed by atoms with Gasteiger partial charge in [-0.15, -0.1) is 0 Å². The Bertz CT molecular complexity index is 1310. The van der Waals surface area contributed by atoms with E-state index in [1.165, 1.54) is 16.7 Å². The third-order valence-corrected chi connectivity index (χ3v) is 7.03. The molecule has 0 saturated carbocycles. The molecule has 4 heteroatoms. The van der Waals surface area contributed by atoms with Crippen molar-refractivity contribution in [1.82, 2.24) is 0 Å². The Labute approximate surface area is 214 Å². The third kappa shape index (κ3) is 4.95. The van der Waals surface area contributed by atoms with Gasteiger partial charge in [0.15, 0.2) is 0 Å². The quantitative estimate of drug-likeness (QED) is 0.273. The van der Waals surface area contributed by atoms with Crippen LogP contribution in [0, 0.1) is 13.8 Å². The SMILES string of the molecule is Cc1cccc(C2C(=O)Oc3c2cc(C(C)(C)C)cc3C(C)(C)C)c1C.O=C1Cc2ccccc2O1. The first-order valence-corrected chi connectivity index (χ1v) is 12.5. The highest BCUT2D eigenvalue weighted by atomic mass is 16.5. The summed E-state index contributed by atoms with van der Waals surface area (Å²) in [5.41, 5.74) is 7.70. The maximum Gasteiger partial charge on any atom is 0.323 e. The van der Waals surface area contributed by atoms with E-state index in [2.05, 4.69) is 79.7 Å². The zero-order chi connectivity index (χ0) is 26.4. The number of hydrogen-bond donors (Lipinski definition) is 0. The van der Waals surface area contributed by atoms with Crippen LogP contribution in [-0.2, 0) is 26.8 Å². The molecule has 3 aromatic rings. The van der Waals surface area contributed by atoms with Gasteiger partial charge in [0.2, 0.25) is 0 Å². The van der Waals surface area contributed by atoms with Crippen molar-refractivity contribution >= 4 is 11.9 Å². The number of aryl methyl sites for hydroxylation is 1. The average Bonchev–Trinajstić information content (AvgIpc) is 3.32. The first-order chi connectivity index (χ1) is 16.8. The summed E-state index contributed by atoms with van der Waals surface area (Å²) in [6.45, 7) is 17.3. The van der Waals surface area contributed by atoms with E-state index < -0.39 is 0 Å². The highest BCUT2D eigenvalue weighted by Gasteiger charge is 2.40. The van der Waals surface area contributed by atoms with Gasteiger partial charge in [0.25, 0.3) is 0 Å². The van der Waals surface area contributed by atoms with Crippen LogP contribution < -0.4 is 9.47 Å². The molecule has 0 aromatic heterocycles. The van der Waals surface area contributed by atoms with E-state index in [1.54, 1.807) is 6.07 Å². The molecule has 1 unspecified atom stereocenters. The predicted octanol–water partition coefficient (Wildman–Crippen LogP) is 7.10. The molecule has 36 heavy (non-hydrogen) atoms. The molecule has 0 aliphatic carbocycles. The number of carbonyl (C=O) groups excluding carboxylic acids is 2. The molecule has 0 saturated heterocycles. The number of carbonyl (C=O) groups is 2. The van der Waals surface area contributed by atoms with E-state index in [0.717, 1.165) is 28.0 Å². The Morgan fingerprint density at radius 2 is 1.47 bits per heavy atom. The van der Waals surface area contributed by atoms with E-state index in [0.29, 0.717) is 12.2 Å². The lowest BCUT2D eigenvalue weighted by atomic mass is 9.77. The maximum absolute atomic E-state index is 12.9. The standard InChI is InChI=1S/C24H30O2.C8H6O2/c1-14-10-9-11-17(15(14)2)20-18-12-16(23(3,4)5)13-19(24(6,7)8)21(18)26-22(20)25;9-8-5-6-3-1-2-4-7(6)10-8/h9-13,20H,1-8H3;1-4H,5H2. The Morgan fingerprint density at radius 3 is 2.11 bits per heavy atom. The third-order valence-electron chi connectivity index (χ3n) is 7.03. The number of benzene rings is 3. The van der Waals surface area contributed by atoms with Crippen molar-refractivity contribution < 1.29 is 19.1 Å². The monoisotopic (exact) mass is 484 g/mol. The van der Waals surface area contributed by atoms with Gasteiger partial charge in [-0.05, 0) is 53.0 Å². The summed E-state index contributed by atoms with van der Waals surface area (Å²) in [5, 5.41) is 0. The van der Waals surface area contributed by atoms with Crippen molar-refractivity contribution in [2.75, 3.05) is 0 Å². The number of para-hydroxylation sites is 1. The predicted molar refractivity (Wildman–Crippen MR) is 143 cm³/mol. The summed E-state index contributed by atoms with van der Waals surface area (Å²) in [7, 11) is 0. The van der Waals surface area contributed by atoms with Crippen LogP contribution in [0.3, 0.4) is 0 Å². The van der Waals surface area contributed by atoms with Crippen LogP contribution in [0.2, 0.25) is 0 Å². The van der Waals surface area contributed by atoms with Gasteiger partial charge in [0.1, 0.15) is 17.4 Å². The van der Waals surface area contributed by atoms with Crippen molar-refractivity contribution in [2.45, 2.75) is 78.6 Å². The van der Waals surface area contributed by atoms with E-state index >= 15 is 0 Å². The van der Waals surface area contributed by atoms with Gasteiger partial charge in [-0.25, -0.2) is 0 Å². The molecule has 0 radical (unpaired) electrons. The largest absolute Gasteiger partial charge is 0.426 e. The topological polar surface area (TPSA) is 52.6 Å². The molecular formula is C32H36O4. The molecule has 0 bridgehead atoms. The molecule has 2 aliphatic heterocycles. The lowest BCUT2D eigenvalue weighted by Crippen LogP contribution is -2.17. The molecule has 188 valence electrons. The van der Waals surface area contributed by atoms with Crippen molar-refractivity contribution in [1.29, 1.82) is 0 Å². The number of rotatable bonds is 1. The van der Waals surface area contributed by atoms with Gasteiger partial charge in [0, 0.05) is 16.7 Å². The summed E-state index contributed by atoms with van der Waals surface area (Å²) >= 11 is 0. The summed E-state index contributed by atoms with van der Waals surface area (Å²) in [5.74, 6) is 0.827. The fourth-order valence-corrected chi connectivity index (χ4v) is 4.70. The van der Waals surface area contributed by atoms with E-state index in [4.69, 9.17) is 9.47 Å². The van der Waals surface area contributed by atoms with Crippen LogP contribution in [0.5, 0.6) is 11.5 Å². The van der Waals surface area contributed by atoms with Crippen molar-refractivity contribution in [3.63, 3.8) is 0 Å². The smallest absolute Gasteiger partial charge is 0.323 e. The van der Waals surface area contributed by atoms with Crippen molar-refractivity contribution in [3.8, 4) is 11.5 Å². The normalized spacial score (nSPS) is 16.5. The number of hydrogen-bond acceptors (Lipinski definition) is 4. The lowest BCUT2D eigenvalue weighted by Gasteiger charge is -2.27. The van der Waals surface area contributed by atoms with Gasteiger partial charge in [-0.1, -0.05) is 90.1 Å². The van der Waals surface area contributed by atoms with E-state index in [1.807, 2.05) is 24.3 Å². The summed E-state index contributed by atoms with van der Waals surface area (Å²) in [6.07, 6.45) is 0.427. The molecule has 0 spiro atoms. The minimum Gasteiger partial charge on any atom is -0.426 e. The number of fused-ring (bicyclic) bond motifs is 2. The average molecular weight is 485 g/mol. The summed E-state index contributed by atoms with van der Waals surface area (Å²) < 4.78 is 10.7. The Morgan fingerprint density at radius 1 is 0.778 bits per heavy atom. The van der Waals surface area contributed by atoms with Gasteiger partial charge in [-0.2, -0.15) is 0 Å². The van der Waals surface area contributed by atoms with Gasteiger partial charge >= 0.3 is 11.9 Å². The Kier molecular flexibility index (Phi) is 6.59. The highest BCUT2D eigenvalue weighted by molar-refractivity contribution is 5.91. The zero-order valence-corrected chi connectivity index (χ0v) is 22.6. The molecule has 3 aromatic carbocycles. The van der Waals surface area contributed by atoms with Gasteiger partial charge in [-0.3, -0.25) is 9.59 Å². The van der Waals surface area contributed by atoms with Crippen LogP contribution in [0.4, 0.5) is 0 Å². The summed E-state index contributed by atoms with van der Waals surface area (Å²) in [6, 6.07) is 18.1. The van der Waals surface area contributed by atoms with E-state index in [-0.39, 0.29) is 28.7 Å². The number of esters is 2. The molecular weight excluding hydrogens is 448 g/mol. The highest BCUT2D eigenvalue weighted by Crippen LogP contribution is 2.47. The number of ether oxygens (including phenoxy) is 2. The van der Waals surface area contributed by atoms with Crippen molar-refractivity contribution in [3.05, 3.63) is 93.5 Å². The Balaban J connectivity index is 0.000000251. The molecule has 0 fully saturated rings. The minimum atomic E-state index is -0.340. The lowest BCUT2D eigenvalue weighted by molar-refractivity contribution is -0.133. The van der Waals surface area contributed by atoms with Crippen LogP contribution in [0.1, 0.15) is 86.4 Å². The van der Waals surface area contributed by atoms with Crippen LogP contribution in [0.25, 0.3) is 0 Å². The molecule has 4 nitrogen and oxygen atoms in total. The fraction of sp³-hybridized carbons (Fsp3) is 0.375. The molecule has 0 N–H and O–H groups in total. The molecule has 0 amide bonds. The minimum absolute atomic E-state index is 0.00681. The maximum atomic E-state index is 12.9. The first kappa shape index (κ1) is 25.7. The molecule has 5 rings (SSSR count). The zero-order valence-electron chi connectivity index (χ0n) is 22.6. The van der Waals surface area contributed by atoms with Crippen LogP contribution in [0.15, 0.2) is 54.6 Å². The first-order valence-electron chi connectivity index (χ1n) is 12.5. The second-order valence-electron chi connectivity index (χ2n) is 11.8. The second-order valence-corrected chi connectivity index (χ2v) is 11.8.